The number of hydrogen-bond donors (Lipinski definition) is 0. The average Bonchev–Trinajstić information content (AvgIpc) is 3.32. The SMILES string of the molecule is FC(F)(F)c1cccc(-c2ncn(CC3CC3)c2-c2ccncc2)c1. The van der Waals surface area contributed by atoms with Crippen LogP contribution in [0.5, 0.6) is 0 Å². The molecule has 3 aromatic rings. The Labute approximate surface area is 143 Å². The van der Waals surface area contributed by atoms with Gasteiger partial charge in [-0.15, -0.1) is 0 Å². The minimum atomic E-state index is -4.37. The summed E-state index contributed by atoms with van der Waals surface area (Å²) >= 11 is 0. The number of imidazole rings is 1. The molecule has 1 aliphatic rings. The Kier molecular flexibility index (Phi) is 3.82. The predicted molar refractivity (Wildman–Crippen MR) is 88.6 cm³/mol. The zero-order chi connectivity index (χ0) is 17.4. The first kappa shape index (κ1) is 15.9. The van der Waals surface area contributed by atoms with E-state index in [0.717, 1.165) is 29.9 Å². The fraction of sp³-hybridized carbons (Fsp3) is 0.263. The van der Waals surface area contributed by atoms with Gasteiger partial charge in [-0.2, -0.15) is 13.2 Å². The molecule has 1 fully saturated rings. The molecule has 2 aromatic heterocycles. The van der Waals surface area contributed by atoms with Crippen LogP contribution in [-0.2, 0) is 12.7 Å². The van der Waals surface area contributed by atoms with E-state index in [1.54, 1.807) is 24.8 Å². The lowest BCUT2D eigenvalue weighted by atomic mass is 10.0. The summed E-state index contributed by atoms with van der Waals surface area (Å²) in [5.41, 5.74) is 2.12. The third kappa shape index (κ3) is 3.29. The van der Waals surface area contributed by atoms with Crippen molar-refractivity contribution in [3.05, 3.63) is 60.7 Å². The number of benzene rings is 1. The molecular weight excluding hydrogens is 327 g/mol. The van der Waals surface area contributed by atoms with E-state index in [2.05, 4.69) is 9.97 Å². The van der Waals surface area contributed by atoms with E-state index in [9.17, 15) is 13.2 Å². The van der Waals surface area contributed by atoms with Crippen molar-refractivity contribution in [2.45, 2.75) is 25.6 Å². The Balaban J connectivity index is 1.83. The van der Waals surface area contributed by atoms with Gasteiger partial charge in [0.15, 0.2) is 0 Å². The van der Waals surface area contributed by atoms with Gasteiger partial charge in [0.05, 0.1) is 23.3 Å². The highest BCUT2D eigenvalue weighted by Crippen LogP contribution is 2.37. The average molecular weight is 343 g/mol. The maximum atomic E-state index is 13.1. The molecule has 0 spiro atoms. The van der Waals surface area contributed by atoms with Crippen LogP contribution in [0.25, 0.3) is 22.5 Å². The number of nitrogens with zero attached hydrogens (tertiary/aromatic N) is 3. The van der Waals surface area contributed by atoms with E-state index >= 15 is 0 Å². The molecule has 128 valence electrons. The quantitative estimate of drug-likeness (QED) is 0.664. The second-order valence-corrected chi connectivity index (χ2v) is 6.35. The van der Waals surface area contributed by atoms with Gasteiger partial charge in [0.1, 0.15) is 0 Å². The molecule has 1 aliphatic carbocycles. The van der Waals surface area contributed by atoms with Gasteiger partial charge in [0, 0.05) is 30.1 Å². The lowest BCUT2D eigenvalue weighted by molar-refractivity contribution is -0.137. The smallest absolute Gasteiger partial charge is 0.330 e. The van der Waals surface area contributed by atoms with Gasteiger partial charge in [-0.25, -0.2) is 4.98 Å². The van der Waals surface area contributed by atoms with Crippen LogP contribution >= 0.6 is 0 Å². The number of rotatable bonds is 4. The van der Waals surface area contributed by atoms with E-state index in [1.165, 1.54) is 18.9 Å². The summed E-state index contributed by atoms with van der Waals surface area (Å²) in [5, 5.41) is 0. The van der Waals surface area contributed by atoms with Crippen molar-refractivity contribution in [3.8, 4) is 22.5 Å². The van der Waals surface area contributed by atoms with Crippen LogP contribution in [0.15, 0.2) is 55.1 Å². The highest BCUT2D eigenvalue weighted by atomic mass is 19.4. The standard InChI is InChI=1S/C19H16F3N3/c20-19(21,22)16-3-1-2-15(10-16)17-18(14-6-8-23-9-7-14)25(12-24-17)11-13-4-5-13/h1-3,6-10,12-13H,4-5,11H2. The molecule has 2 heterocycles. The highest BCUT2D eigenvalue weighted by molar-refractivity contribution is 5.78. The van der Waals surface area contributed by atoms with Gasteiger partial charge in [-0.3, -0.25) is 4.98 Å². The Morgan fingerprint density at radius 1 is 1.04 bits per heavy atom. The molecule has 1 saturated carbocycles. The van der Waals surface area contributed by atoms with E-state index in [1.807, 2.05) is 16.7 Å². The number of aromatic nitrogens is 3. The number of halogens is 3. The maximum Gasteiger partial charge on any atom is 0.416 e. The van der Waals surface area contributed by atoms with E-state index < -0.39 is 11.7 Å². The van der Waals surface area contributed by atoms with Crippen molar-refractivity contribution >= 4 is 0 Å². The fourth-order valence-corrected chi connectivity index (χ4v) is 2.97. The molecule has 25 heavy (non-hydrogen) atoms. The lowest BCUT2D eigenvalue weighted by Crippen LogP contribution is -2.05. The van der Waals surface area contributed by atoms with Gasteiger partial charge in [0.25, 0.3) is 0 Å². The molecule has 3 nitrogen and oxygen atoms in total. The predicted octanol–water partition coefficient (Wildman–Crippen LogP) is 5.04. The molecule has 0 unspecified atom stereocenters. The number of alkyl halides is 3. The Hall–Kier alpha value is -2.63. The van der Waals surface area contributed by atoms with Gasteiger partial charge in [-0.05, 0) is 43.0 Å². The summed E-state index contributed by atoms with van der Waals surface area (Å²) in [5.74, 6) is 0.629. The first-order valence-corrected chi connectivity index (χ1v) is 8.15. The summed E-state index contributed by atoms with van der Waals surface area (Å²) < 4.78 is 41.2. The van der Waals surface area contributed by atoms with Crippen LogP contribution in [-0.4, -0.2) is 14.5 Å². The summed E-state index contributed by atoms with van der Waals surface area (Å²) in [4.78, 5) is 8.47. The third-order valence-corrected chi connectivity index (χ3v) is 4.41. The van der Waals surface area contributed by atoms with Crippen molar-refractivity contribution in [2.75, 3.05) is 0 Å². The summed E-state index contributed by atoms with van der Waals surface area (Å²) in [6.07, 6.45) is 3.09. The molecule has 0 N–H and O–H groups in total. The second-order valence-electron chi connectivity index (χ2n) is 6.35. The molecule has 0 bridgehead atoms. The molecule has 4 rings (SSSR count). The van der Waals surface area contributed by atoms with Crippen molar-refractivity contribution < 1.29 is 13.2 Å². The first-order chi connectivity index (χ1) is 12.0. The first-order valence-electron chi connectivity index (χ1n) is 8.15. The molecule has 0 radical (unpaired) electrons. The molecule has 0 amide bonds. The summed E-state index contributed by atoms with van der Waals surface area (Å²) in [7, 11) is 0. The highest BCUT2D eigenvalue weighted by Gasteiger charge is 2.31. The maximum absolute atomic E-state index is 13.1. The molecule has 6 heteroatoms. The Morgan fingerprint density at radius 2 is 1.80 bits per heavy atom. The second kappa shape index (κ2) is 6.02. The van der Waals surface area contributed by atoms with Gasteiger partial charge < -0.3 is 4.57 Å². The third-order valence-electron chi connectivity index (χ3n) is 4.41. The van der Waals surface area contributed by atoms with Gasteiger partial charge in [0.2, 0.25) is 0 Å². The zero-order valence-electron chi connectivity index (χ0n) is 13.4. The molecule has 1 aromatic carbocycles. The number of pyridine rings is 1. The van der Waals surface area contributed by atoms with Crippen molar-refractivity contribution in [3.63, 3.8) is 0 Å². The normalized spacial score (nSPS) is 14.7. The van der Waals surface area contributed by atoms with Crippen molar-refractivity contribution in [2.24, 2.45) is 5.92 Å². The molecular formula is C19H16F3N3. The zero-order valence-corrected chi connectivity index (χ0v) is 13.4. The van der Waals surface area contributed by atoms with Gasteiger partial charge in [-0.1, -0.05) is 12.1 Å². The van der Waals surface area contributed by atoms with Crippen LogP contribution in [0.2, 0.25) is 0 Å². The molecule has 0 aliphatic heterocycles. The Morgan fingerprint density at radius 3 is 2.48 bits per heavy atom. The minimum Gasteiger partial charge on any atom is -0.330 e. The monoisotopic (exact) mass is 343 g/mol. The van der Waals surface area contributed by atoms with Crippen LogP contribution in [0.4, 0.5) is 13.2 Å². The lowest BCUT2D eigenvalue weighted by Gasteiger charge is -2.11. The van der Waals surface area contributed by atoms with Crippen LogP contribution in [0, 0.1) is 5.92 Å². The van der Waals surface area contributed by atoms with Crippen molar-refractivity contribution in [1.82, 2.24) is 14.5 Å². The van der Waals surface area contributed by atoms with E-state index in [0.29, 0.717) is 17.2 Å². The number of hydrogen-bond acceptors (Lipinski definition) is 2. The Bertz CT molecular complexity index is 880. The van der Waals surface area contributed by atoms with E-state index in [4.69, 9.17) is 0 Å². The largest absolute Gasteiger partial charge is 0.416 e. The van der Waals surface area contributed by atoms with Crippen LogP contribution in [0.1, 0.15) is 18.4 Å². The van der Waals surface area contributed by atoms with Crippen molar-refractivity contribution in [1.29, 1.82) is 0 Å². The minimum absolute atomic E-state index is 0.469. The summed E-state index contributed by atoms with van der Waals surface area (Å²) in [6, 6.07) is 9.05. The topological polar surface area (TPSA) is 30.7 Å². The van der Waals surface area contributed by atoms with Crippen LogP contribution < -0.4 is 0 Å². The van der Waals surface area contributed by atoms with E-state index in [-0.39, 0.29) is 0 Å². The molecule has 0 saturated heterocycles. The fourth-order valence-electron chi connectivity index (χ4n) is 2.97. The summed E-state index contributed by atoms with van der Waals surface area (Å²) in [6.45, 7) is 0.837. The van der Waals surface area contributed by atoms with Crippen LogP contribution in [0.3, 0.4) is 0 Å². The van der Waals surface area contributed by atoms with Gasteiger partial charge >= 0.3 is 6.18 Å². The molecule has 0 atom stereocenters.